The quantitative estimate of drug-likeness (QED) is 0.278. The highest BCUT2D eigenvalue weighted by Gasteiger charge is 2.07. The van der Waals surface area contributed by atoms with Gasteiger partial charge >= 0.3 is 0 Å². The van der Waals surface area contributed by atoms with E-state index < -0.39 is 6.10 Å². The summed E-state index contributed by atoms with van der Waals surface area (Å²) in [6.45, 7) is 8.74. The SMILES string of the molecule is C=CCN=Cc1ccccc1OCC(O)COCCOC=C. The van der Waals surface area contributed by atoms with Gasteiger partial charge in [-0.15, -0.1) is 6.58 Å². The van der Waals surface area contributed by atoms with Gasteiger partial charge in [-0.25, -0.2) is 0 Å². The molecule has 1 aromatic rings. The van der Waals surface area contributed by atoms with Gasteiger partial charge in [-0.3, -0.25) is 4.99 Å². The lowest BCUT2D eigenvalue weighted by molar-refractivity contribution is -0.000284. The van der Waals surface area contributed by atoms with E-state index in [9.17, 15) is 5.11 Å². The van der Waals surface area contributed by atoms with Gasteiger partial charge in [0.1, 0.15) is 25.1 Å². The van der Waals surface area contributed by atoms with E-state index in [-0.39, 0.29) is 13.2 Å². The Labute approximate surface area is 131 Å². The standard InChI is InChI=1S/C17H23NO4/c1-3-9-18-12-15-7-5-6-8-17(15)22-14-16(19)13-21-11-10-20-4-2/h3-8,12,16,19H,1-2,9-11,13-14H2. The molecule has 0 saturated heterocycles. The molecule has 0 radical (unpaired) electrons. The van der Waals surface area contributed by atoms with Crippen molar-refractivity contribution in [1.29, 1.82) is 0 Å². The van der Waals surface area contributed by atoms with Crippen LogP contribution >= 0.6 is 0 Å². The maximum atomic E-state index is 9.81. The van der Waals surface area contributed by atoms with E-state index in [1.807, 2.05) is 24.3 Å². The number of ether oxygens (including phenoxy) is 3. The van der Waals surface area contributed by atoms with Crippen LogP contribution < -0.4 is 4.74 Å². The summed E-state index contributed by atoms with van der Waals surface area (Å²) in [4.78, 5) is 4.19. The minimum absolute atomic E-state index is 0.147. The lowest BCUT2D eigenvalue weighted by Crippen LogP contribution is -2.24. The van der Waals surface area contributed by atoms with Gasteiger partial charge in [0.25, 0.3) is 0 Å². The second-order valence-electron chi connectivity index (χ2n) is 4.40. The van der Waals surface area contributed by atoms with Crippen LogP contribution in [0.5, 0.6) is 5.75 Å². The van der Waals surface area contributed by atoms with E-state index in [0.717, 1.165) is 5.56 Å². The molecule has 1 unspecified atom stereocenters. The van der Waals surface area contributed by atoms with Gasteiger partial charge in [0.2, 0.25) is 0 Å². The van der Waals surface area contributed by atoms with E-state index in [0.29, 0.717) is 25.5 Å². The van der Waals surface area contributed by atoms with Gasteiger partial charge in [-0.05, 0) is 12.1 Å². The Kier molecular flexibility index (Phi) is 9.41. The molecule has 0 saturated carbocycles. The van der Waals surface area contributed by atoms with Gasteiger partial charge in [0.15, 0.2) is 0 Å². The van der Waals surface area contributed by atoms with Gasteiger partial charge in [0.05, 0.1) is 26.0 Å². The summed E-state index contributed by atoms with van der Waals surface area (Å²) in [5, 5.41) is 9.81. The third kappa shape index (κ3) is 7.61. The molecule has 1 N–H and O–H groups in total. The fraction of sp³-hybridized carbons (Fsp3) is 0.353. The molecule has 1 rings (SSSR count). The Morgan fingerprint density at radius 1 is 1.18 bits per heavy atom. The third-order valence-electron chi connectivity index (χ3n) is 2.59. The van der Waals surface area contributed by atoms with Gasteiger partial charge in [0, 0.05) is 11.8 Å². The first-order valence-electron chi connectivity index (χ1n) is 7.08. The molecule has 120 valence electrons. The van der Waals surface area contributed by atoms with Gasteiger partial charge in [-0.2, -0.15) is 0 Å². The number of nitrogens with zero attached hydrogens (tertiary/aromatic N) is 1. The minimum atomic E-state index is -0.707. The Morgan fingerprint density at radius 3 is 2.77 bits per heavy atom. The average Bonchev–Trinajstić information content (AvgIpc) is 2.54. The lowest BCUT2D eigenvalue weighted by Gasteiger charge is -2.14. The molecule has 5 nitrogen and oxygen atoms in total. The number of hydrogen-bond donors (Lipinski definition) is 1. The normalized spacial score (nSPS) is 12.0. The highest BCUT2D eigenvalue weighted by molar-refractivity contribution is 5.83. The van der Waals surface area contributed by atoms with Crippen molar-refractivity contribution in [2.24, 2.45) is 4.99 Å². The van der Waals surface area contributed by atoms with E-state index >= 15 is 0 Å². The summed E-state index contributed by atoms with van der Waals surface area (Å²) in [6, 6.07) is 7.51. The zero-order valence-electron chi connectivity index (χ0n) is 12.7. The zero-order chi connectivity index (χ0) is 16.0. The van der Waals surface area contributed by atoms with Crippen molar-refractivity contribution < 1.29 is 19.3 Å². The number of benzene rings is 1. The molecule has 22 heavy (non-hydrogen) atoms. The molecule has 0 aliphatic rings. The fourth-order valence-electron chi connectivity index (χ4n) is 1.59. The van der Waals surface area contributed by atoms with Crippen LogP contribution in [-0.2, 0) is 9.47 Å². The van der Waals surface area contributed by atoms with Gasteiger partial charge in [-0.1, -0.05) is 24.8 Å². The number of aliphatic hydroxyl groups is 1. The van der Waals surface area contributed by atoms with Crippen LogP contribution in [0.3, 0.4) is 0 Å². The smallest absolute Gasteiger partial charge is 0.128 e. The molecule has 1 aromatic carbocycles. The summed E-state index contributed by atoms with van der Waals surface area (Å²) >= 11 is 0. The van der Waals surface area contributed by atoms with Gasteiger partial charge < -0.3 is 19.3 Å². The molecule has 0 aromatic heterocycles. The summed E-state index contributed by atoms with van der Waals surface area (Å²) in [5.41, 5.74) is 0.858. The van der Waals surface area contributed by atoms with E-state index in [4.69, 9.17) is 14.2 Å². The van der Waals surface area contributed by atoms with Crippen LogP contribution in [0, 0.1) is 0 Å². The highest BCUT2D eigenvalue weighted by Crippen LogP contribution is 2.16. The maximum Gasteiger partial charge on any atom is 0.128 e. The number of aliphatic imine (C=N–C) groups is 1. The van der Waals surface area contributed by atoms with E-state index in [1.165, 1.54) is 6.26 Å². The molecule has 0 bridgehead atoms. The average molecular weight is 305 g/mol. The maximum absolute atomic E-state index is 9.81. The summed E-state index contributed by atoms with van der Waals surface area (Å²) in [5.74, 6) is 0.671. The largest absolute Gasteiger partial charge is 0.499 e. The summed E-state index contributed by atoms with van der Waals surface area (Å²) in [6.07, 6.45) is 4.10. The van der Waals surface area contributed by atoms with Crippen molar-refractivity contribution in [3.8, 4) is 5.75 Å². The Morgan fingerprint density at radius 2 is 2.00 bits per heavy atom. The predicted molar refractivity (Wildman–Crippen MR) is 87.6 cm³/mol. The van der Waals surface area contributed by atoms with Crippen molar-refractivity contribution in [3.63, 3.8) is 0 Å². The second-order valence-corrected chi connectivity index (χ2v) is 4.40. The summed E-state index contributed by atoms with van der Waals surface area (Å²) < 4.78 is 15.8. The van der Waals surface area contributed by atoms with E-state index in [1.54, 1.807) is 12.3 Å². The lowest BCUT2D eigenvalue weighted by atomic mass is 10.2. The molecule has 0 aliphatic heterocycles. The van der Waals surface area contributed by atoms with Crippen LogP contribution in [0.2, 0.25) is 0 Å². The third-order valence-corrected chi connectivity index (χ3v) is 2.59. The number of rotatable bonds is 12. The topological polar surface area (TPSA) is 60.3 Å². The predicted octanol–water partition coefficient (Wildman–Crippen LogP) is 2.21. The molecule has 0 heterocycles. The van der Waals surface area contributed by atoms with Crippen LogP contribution in [0.15, 0.2) is 54.8 Å². The monoisotopic (exact) mass is 305 g/mol. The first-order chi connectivity index (χ1) is 10.8. The highest BCUT2D eigenvalue weighted by atomic mass is 16.5. The van der Waals surface area contributed by atoms with E-state index in [2.05, 4.69) is 18.2 Å². The second kappa shape index (κ2) is 11.5. The summed E-state index contributed by atoms with van der Waals surface area (Å²) in [7, 11) is 0. The molecule has 0 amide bonds. The fourth-order valence-corrected chi connectivity index (χ4v) is 1.59. The number of aliphatic hydroxyl groups excluding tert-OH is 1. The Bertz CT molecular complexity index is 473. The molecule has 0 fully saturated rings. The first kappa shape index (κ1) is 17.9. The Hall–Kier alpha value is -2.11. The van der Waals surface area contributed by atoms with Crippen molar-refractivity contribution in [1.82, 2.24) is 0 Å². The Balaban J connectivity index is 2.37. The minimum Gasteiger partial charge on any atom is -0.499 e. The van der Waals surface area contributed by atoms with Crippen molar-refractivity contribution in [3.05, 3.63) is 55.3 Å². The molecule has 5 heteroatoms. The first-order valence-corrected chi connectivity index (χ1v) is 7.08. The van der Waals surface area contributed by atoms with Crippen molar-refractivity contribution in [2.75, 3.05) is 33.0 Å². The number of hydrogen-bond acceptors (Lipinski definition) is 5. The molecular weight excluding hydrogens is 282 g/mol. The zero-order valence-corrected chi connectivity index (χ0v) is 12.7. The molecule has 0 aliphatic carbocycles. The van der Waals surface area contributed by atoms with Crippen molar-refractivity contribution >= 4 is 6.21 Å². The molecule has 1 atom stereocenters. The molecule has 0 spiro atoms. The van der Waals surface area contributed by atoms with Crippen molar-refractivity contribution in [2.45, 2.75) is 6.10 Å². The van der Waals surface area contributed by atoms with Crippen LogP contribution in [-0.4, -0.2) is 50.4 Å². The number of para-hydroxylation sites is 1. The molecular formula is C17H23NO4. The van der Waals surface area contributed by atoms with Crippen LogP contribution in [0.1, 0.15) is 5.56 Å². The van der Waals surface area contributed by atoms with Crippen LogP contribution in [0.25, 0.3) is 0 Å². The van der Waals surface area contributed by atoms with Crippen LogP contribution in [0.4, 0.5) is 0 Å².